The summed E-state index contributed by atoms with van der Waals surface area (Å²) in [6.07, 6.45) is 0.922. The molecule has 2 rings (SSSR count). The van der Waals surface area contributed by atoms with E-state index in [1.54, 1.807) is 7.11 Å². The largest absolute Gasteiger partial charge is 0.508 e. The normalized spacial score (nSPS) is 21.8. The van der Waals surface area contributed by atoms with Gasteiger partial charge in [0.05, 0.1) is 5.71 Å². The molecule has 0 aliphatic heterocycles. The molecule has 15 heavy (non-hydrogen) atoms. The summed E-state index contributed by atoms with van der Waals surface area (Å²) in [7, 11) is 1.56. The van der Waals surface area contributed by atoms with Crippen LogP contribution in [0.15, 0.2) is 17.3 Å². The number of phenols is 1. The number of nitrogens with zero attached hydrogens (tertiary/aromatic N) is 1. The van der Waals surface area contributed by atoms with Gasteiger partial charge in [0.2, 0.25) is 0 Å². The van der Waals surface area contributed by atoms with Gasteiger partial charge in [0.1, 0.15) is 12.9 Å². The molecule has 80 valence electrons. The fraction of sp³-hybridized carbons (Fsp3) is 0.417. The third-order valence-corrected chi connectivity index (χ3v) is 2.88. The Bertz CT molecular complexity index is 424. The van der Waals surface area contributed by atoms with Crippen LogP contribution in [0.3, 0.4) is 0 Å². The Labute approximate surface area is 89.4 Å². The van der Waals surface area contributed by atoms with Crippen LogP contribution in [0.25, 0.3) is 0 Å². The summed E-state index contributed by atoms with van der Waals surface area (Å²) in [5.74, 6) is 0.723. The van der Waals surface area contributed by atoms with E-state index >= 15 is 0 Å². The lowest BCUT2D eigenvalue weighted by Crippen LogP contribution is -2.06. The molecule has 0 radical (unpaired) electrons. The lowest BCUT2D eigenvalue weighted by Gasteiger charge is -2.04. The van der Waals surface area contributed by atoms with Crippen LogP contribution in [-0.4, -0.2) is 17.9 Å². The van der Waals surface area contributed by atoms with Crippen LogP contribution in [0.5, 0.6) is 5.75 Å². The minimum absolute atomic E-state index is 0.361. The summed E-state index contributed by atoms with van der Waals surface area (Å²) in [6.45, 7) is 4.01. The zero-order chi connectivity index (χ0) is 11.0. The van der Waals surface area contributed by atoms with E-state index in [0.29, 0.717) is 11.7 Å². The van der Waals surface area contributed by atoms with Gasteiger partial charge in [-0.15, -0.1) is 0 Å². The number of aryl methyl sites for hydroxylation is 1. The Morgan fingerprint density at radius 2 is 2.20 bits per heavy atom. The maximum absolute atomic E-state index is 9.61. The van der Waals surface area contributed by atoms with Gasteiger partial charge in [-0.3, -0.25) is 0 Å². The van der Waals surface area contributed by atoms with Gasteiger partial charge in [0.15, 0.2) is 0 Å². The van der Waals surface area contributed by atoms with Crippen molar-refractivity contribution in [3.8, 4) is 5.75 Å². The van der Waals surface area contributed by atoms with Gasteiger partial charge in [-0.05, 0) is 36.6 Å². The van der Waals surface area contributed by atoms with Crippen LogP contribution >= 0.6 is 0 Å². The SMILES string of the molecule is CON=C1c2cc(C)c(O)cc2CC1C. The van der Waals surface area contributed by atoms with Crippen molar-refractivity contribution in [2.24, 2.45) is 11.1 Å². The van der Waals surface area contributed by atoms with Crippen LogP contribution < -0.4 is 0 Å². The molecule has 1 aromatic rings. The van der Waals surface area contributed by atoms with E-state index in [4.69, 9.17) is 4.84 Å². The second-order valence-electron chi connectivity index (χ2n) is 4.06. The average Bonchev–Trinajstić information content (AvgIpc) is 2.46. The Morgan fingerprint density at radius 1 is 1.47 bits per heavy atom. The molecule has 1 aromatic carbocycles. The molecule has 0 saturated carbocycles. The number of hydrogen-bond acceptors (Lipinski definition) is 3. The molecule has 0 bridgehead atoms. The van der Waals surface area contributed by atoms with E-state index in [2.05, 4.69) is 12.1 Å². The lowest BCUT2D eigenvalue weighted by molar-refractivity contribution is 0.212. The number of benzene rings is 1. The minimum atomic E-state index is 0.361. The molecule has 0 saturated heterocycles. The van der Waals surface area contributed by atoms with E-state index < -0.39 is 0 Å². The Balaban J connectivity index is 2.54. The summed E-state index contributed by atoms with van der Waals surface area (Å²) in [4.78, 5) is 4.85. The second-order valence-corrected chi connectivity index (χ2v) is 4.06. The molecule has 1 aliphatic rings. The Kier molecular flexibility index (Phi) is 2.39. The summed E-state index contributed by atoms with van der Waals surface area (Å²) in [6, 6.07) is 3.81. The van der Waals surface area contributed by atoms with Crippen LogP contribution in [0.4, 0.5) is 0 Å². The monoisotopic (exact) mass is 205 g/mol. The highest BCUT2D eigenvalue weighted by Gasteiger charge is 2.26. The van der Waals surface area contributed by atoms with Crippen molar-refractivity contribution in [1.29, 1.82) is 0 Å². The van der Waals surface area contributed by atoms with Gasteiger partial charge in [0.25, 0.3) is 0 Å². The maximum Gasteiger partial charge on any atom is 0.118 e. The highest BCUT2D eigenvalue weighted by Crippen LogP contribution is 2.32. The standard InChI is InChI=1S/C12H15NO2/c1-7-5-10-9(6-11(7)14)4-8(2)12(10)13-15-3/h5-6,8,14H,4H2,1-3H3. The van der Waals surface area contributed by atoms with E-state index in [0.717, 1.165) is 28.8 Å². The first-order chi connectivity index (χ1) is 7.13. The van der Waals surface area contributed by atoms with E-state index in [1.807, 2.05) is 19.1 Å². The third kappa shape index (κ3) is 1.58. The van der Waals surface area contributed by atoms with E-state index in [-0.39, 0.29) is 0 Å². The first-order valence-electron chi connectivity index (χ1n) is 5.07. The van der Waals surface area contributed by atoms with Crippen LogP contribution in [0.2, 0.25) is 0 Å². The maximum atomic E-state index is 9.61. The quantitative estimate of drug-likeness (QED) is 0.714. The van der Waals surface area contributed by atoms with Crippen LogP contribution in [0.1, 0.15) is 23.6 Å². The summed E-state index contributed by atoms with van der Waals surface area (Å²) < 4.78 is 0. The molecule has 0 aromatic heterocycles. The molecular formula is C12H15NO2. The fourth-order valence-corrected chi connectivity index (χ4v) is 2.08. The molecule has 3 heteroatoms. The van der Waals surface area contributed by atoms with Crippen molar-refractivity contribution < 1.29 is 9.94 Å². The summed E-state index contributed by atoms with van der Waals surface area (Å²) in [5, 5.41) is 13.7. The second kappa shape index (κ2) is 3.57. The van der Waals surface area contributed by atoms with Crippen molar-refractivity contribution in [2.75, 3.05) is 7.11 Å². The Morgan fingerprint density at radius 3 is 2.87 bits per heavy atom. The van der Waals surface area contributed by atoms with Crippen LogP contribution in [-0.2, 0) is 11.3 Å². The van der Waals surface area contributed by atoms with E-state index in [1.165, 1.54) is 0 Å². The van der Waals surface area contributed by atoms with Gasteiger partial charge >= 0.3 is 0 Å². The first kappa shape index (κ1) is 10.0. The molecule has 0 heterocycles. The molecule has 3 nitrogen and oxygen atoms in total. The van der Waals surface area contributed by atoms with Gasteiger partial charge < -0.3 is 9.94 Å². The van der Waals surface area contributed by atoms with Crippen LogP contribution in [0, 0.1) is 12.8 Å². The first-order valence-corrected chi connectivity index (χ1v) is 5.07. The van der Waals surface area contributed by atoms with E-state index in [9.17, 15) is 5.11 Å². The highest BCUT2D eigenvalue weighted by atomic mass is 16.6. The number of fused-ring (bicyclic) bond motifs is 1. The highest BCUT2D eigenvalue weighted by molar-refractivity contribution is 6.06. The third-order valence-electron chi connectivity index (χ3n) is 2.88. The smallest absolute Gasteiger partial charge is 0.118 e. The zero-order valence-electron chi connectivity index (χ0n) is 9.24. The summed E-state index contributed by atoms with van der Waals surface area (Å²) >= 11 is 0. The minimum Gasteiger partial charge on any atom is -0.508 e. The molecule has 0 fully saturated rings. The van der Waals surface area contributed by atoms with Gasteiger partial charge in [-0.25, -0.2) is 0 Å². The number of aromatic hydroxyl groups is 1. The van der Waals surface area contributed by atoms with Crippen molar-refractivity contribution >= 4 is 5.71 Å². The Hall–Kier alpha value is -1.51. The predicted octanol–water partition coefficient (Wildman–Crippen LogP) is 2.24. The number of rotatable bonds is 1. The molecule has 1 unspecified atom stereocenters. The zero-order valence-corrected chi connectivity index (χ0v) is 9.24. The van der Waals surface area contributed by atoms with Crippen molar-refractivity contribution in [2.45, 2.75) is 20.3 Å². The summed E-state index contributed by atoms with van der Waals surface area (Å²) in [5.41, 5.74) is 4.13. The fourth-order valence-electron chi connectivity index (χ4n) is 2.08. The topological polar surface area (TPSA) is 41.8 Å². The molecule has 0 amide bonds. The molecule has 1 aliphatic carbocycles. The number of oxime groups is 1. The predicted molar refractivity (Wildman–Crippen MR) is 59.3 cm³/mol. The number of phenolic OH excluding ortho intramolecular Hbond substituents is 1. The molecule has 1 atom stereocenters. The van der Waals surface area contributed by atoms with Crippen molar-refractivity contribution in [3.63, 3.8) is 0 Å². The van der Waals surface area contributed by atoms with Gasteiger partial charge in [0, 0.05) is 11.5 Å². The van der Waals surface area contributed by atoms with Crippen molar-refractivity contribution in [1.82, 2.24) is 0 Å². The molecule has 1 N–H and O–H groups in total. The lowest BCUT2D eigenvalue weighted by atomic mass is 10.1. The average molecular weight is 205 g/mol. The number of hydrogen-bond donors (Lipinski definition) is 1. The molecular weight excluding hydrogens is 190 g/mol. The van der Waals surface area contributed by atoms with Gasteiger partial charge in [-0.1, -0.05) is 12.1 Å². The van der Waals surface area contributed by atoms with Gasteiger partial charge in [-0.2, -0.15) is 0 Å². The molecule has 0 spiro atoms. The van der Waals surface area contributed by atoms with Crippen molar-refractivity contribution in [3.05, 3.63) is 28.8 Å².